The van der Waals surface area contributed by atoms with Crippen molar-refractivity contribution in [1.29, 1.82) is 0 Å². The number of rotatable bonds is 2. The number of aromatic nitrogens is 1. The summed E-state index contributed by atoms with van der Waals surface area (Å²) in [5, 5.41) is 3.32. The number of hydrogen-bond donors (Lipinski definition) is 3. The third-order valence-corrected chi connectivity index (χ3v) is 6.95. The molecule has 1 fully saturated rings. The van der Waals surface area contributed by atoms with Gasteiger partial charge < -0.3 is 21.7 Å². The number of nitrogens with one attached hydrogen (secondary N) is 1. The van der Waals surface area contributed by atoms with E-state index in [0.717, 1.165) is 21.7 Å². The van der Waals surface area contributed by atoms with Crippen molar-refractivity contribution in [2.75, 3.05) is 31.1 Å². The van der Waals surface area contributed by atoms with E-state index < -0.39 is 0 Å². The number of benzene rings is 1. The summed E-state index contributed by atoms with van der Waals surface area (Å²) < 4.78 is 0. The molecule has 2 aromatic heterocycles. The Morgan fingerprint density at radius 1 is 1.15 bits per heavy atom. The van der Waals surface area contributed by atoms with Crippen LogP contribution in [0.4, 0.5) is 10.7 Å². The van der Waals surface area contributed by atoms with Gasteiger partial charge in [0.15, 0.2) is 0 Å². The minimum absolute atomic E-state index is 0.00558. The summed E-state index contributed by atoms with van der Waals surface area (Å²) in [6.45, 7) is 9.85. The second-order valence-corrected chi connectivity index (χ2v) is 10.4. The average Bonchev–Trinajstić information content (AvgIpc) is 3.07. The Labute approximate surface area is 205 Å². The molecule has 0 bridgehead atoms. The molecule has 3 aromatic rings. The number of nitrogens with two attached hydrogens (primary N) is 2. The smallest absolute Gasteiger partial charge is 0.256 e. The third kappa shape index (κ3) is 6.35. The first-order valence-corrected chi connectivity index (χ1v) is 12.1. The minimum Gasteiger partial charge on any atom is -0.399 e. The van der Waals surface area contributed by atoms with E-state index in [-0.39, 0.29) is 17.2 Å². The lowest BCUT2D eigenvalue weighted by Gasteiger charge is -2.19. The molecule has 0 unspecified atom stereocenters. The molecule has 0 radical (unpaired) electrons. The Bertz CT molecular complexity index is 1150. The highest BCUT2D eigenvalue weighted by atomic mass is 32.1. The molecule has 0 atom stereocenters. The maximum absolute atomic E-state index is 12.5. The van der Waals surface area contributed by atoms with Crippen LogP contribution in [0.15, 0.2) is 48.8 Å². The molecular weight excluding hydrogens is 446 g/mol. The zero-order chi connectivity index (χ0) is 24.9. The quantitative estimate of drug-likeness (QED) is 0.476. The van der Waals surface area contributed by atoms with E-state index in [1.807, 2.05) is 42.6 Å². The van der Waals surface area contributed by atoms with E-state index in [2.05, 4.69) is 38.0 Å². The Balaban J connectivity index is 0.000000202. The van der Waals surface area contributed by atoms with Crippen LogP contribution in [0.3, 0.4) is 0 Å². The van der Waals surface area contributed by atoms with Crippen molar-refractivity contribution in [3.63, 3.8) is 0 Å². The summed E-state index contributed by atoms with van der Waals surface area (Å²) in [7, 11) is 0. The van der Waals surface area contributed by atoms with Gasteiger partial charge in [0.05, 0.1) is 10.6 Å². The summed E-state index contributed by atoms with van der Waals surface area (Å²) in [6.07, 6.45) is 3.97. The van der Waals surface area contributed by atoms with Crippen molar-refractivity contribution in [3.05, 3.63) is 64.8 Å². The number of carbonyl (C=O) groups is 2. The van der Waals surface area contributed by atoms with Gasteiger partial charge in [0.25, 0.3) is 5.91 Å². The van der Waals surface area contributed by atoms with Gasteiger partial charge in [0.2, 0.25) is 5.91 Å². The predicted octanol–water partition coefficient (Wildman–Crippen LogP) is 4.23. The maximum Gasteiger partial charge on any atom is 0.256 e. The summed E-state index contributed by atoms with van der Waals surface area (Å²) in [6, 6.07) is 11.8. The summed E-state index contributed by atoms with van der Waals surface area (Å²) in [4.78, 5) is 30.7. The van der Waals surface area contributed by atoms with E-state index in [9.17, 15) is 9.59 Å². The number of hydrogen-bond acceptors (Lipinski definition) is 6. The second kappa shape index (κ2) is 10.7. The number of pyridine rings is 1. The number of nitrogens with zero attached hydrogens (tertiary/aromatic N) is 2. The molecule has 34 heavy (non-hydrogen) atoms. The minimum atomic E-state index is -0.0780. The molecule has 0 spiro atoms. The molecule has 4 rings (SSSR count). The Morgan fingerprint density at radius 3 is 2.56 bits per heavy atom. The number of carbonyl (C=O) groups excluding carboxylic acids is 2. The van der Waals surface area contributed by atoms with Gasteiger partial charge in [-0.3, -0.25) is 14.6 Å². The first kappa shape index (κ1) is 25.2. The largest absolute Gasteiger partial charge is 0.399 e. The Morgan fingerprint density at radius 2 is 1.91 bits per heavy atom. The van der Waals surface area contributed by atoms with E-state index in [1.54, 1.807) is 11.1 Å². The summed E-state index contributed by atoms with van der Waals surface area (Å²) >= 11 is 1.47. The van der Waals surface area contributed by atoms with Crippen molar-refractivity contribution in [1.82, 2.24) is 15.2 Å². The van der Waals surface area contributed by atoms with Crippen LogP contribution in [0.1, 0.15) is 48.0 Å². The lowest BCUT2D eigenvalue weighted by Crippen LogP contribution is -2.34. The van der Waals surface area contributed by atoms with Crippen molar-refractivity contribution in [2.24, 2.45) is 0 Å². The van der Waals surface area contributed by atoms with Gasteiger partial charge in [-0.25, -0.2) is 0 Å². The number of thiophene rings is 1. The molecule has 5 N–H and O–H groups in total. The van der Waals surface area contributed by atoms with Crippen LogP contribution < -0.4 is 16.8 Å². The van der Waals surface area contributed by atoms with E-state index in [4.69, 9.17) is 11.5 Å². The molecule has 1 aliphatic rings. The zero-order valence-corrected chi connectivity index (χ0v) is 21.0. The first-order valence-electron chi connectivity index (χ1n) is 11.3. The van der Waals surface area contributed by atoms with Crippen LogP contribution in [0.2, 0.25) is 0 Å². The van der Waals surface area contributed by atoms with E-state index in [1.165, 1.54) is 16.9 Å². The molecule has 3 heterocycles. The number of anilines is 2. The SMILES string of the molecule is CC(C)(C)c1cc(C(=O)N2CCNC(=O)CC2)c(N)s1.Cc1ccc(N)cc1-c1cccnc1. The summed E-state index contributed by atoms with van der Waals surface area (Å²) in [5.41, 5.74) is 16.5. The van der Waals surface area contributed by atoms with Gasteiger partial charge in [0.1, 0.15) is 0 Å². The zero-order valence-electron chi connectivity index (χ0n) is 20.2. The molecule has 180 valence electrons. The van der Waals surface area contributed by atoms with Crippen molar-refractivity contribution in [2.45, 2.75) is 39.5 Å². The standard InChI is InChI=1S/C14H21N3O2S.C12H12N2/c1-14(2,3)10-8-9(12(15)20-10)13(19)17-6-4-11(18)16-5-7-17;1-9-4-5-11(13)7-12(9)10-3-2-6-14-8-10/h8H,4-7,15H2,1-3H3,(H,16,18);2-8H,13H2,1H3. The average molecular weight is 480 g/mol. The van der Waals surface area contributed by atoms with Gasteiger partial charge in [-0.05, 0) is 47.7 Å². The van der Waals surface area contributed by atoms with Crippen LogP contribution in [0.25, 0.3) is 11.1 Å². The fourth-order valence-corrected chi connectivity index (χ4v) is 4.53. The molecule has 7 nitrogen and oxygen atoms in total. The molecule has 0 saturated carbocycles. The molecule has 8 heteroatoms. The van der Waals surface area contributed by atoms with Gasteiger partial charge >= 0.3 is 0 Å². The van der Waals surface area contributed by atoms with E-state index >= 15 is 0 Å². The van der Waals surface area contributed by atoms with Crippen LogP contribution in [0, 0.1) is 6.92 Å². The van der Waals surface area contributed by atoms with Crippen LogP contribution >= 0.6 is 11.3 Å². The van der Waals surface area contributed by atoms with Gasteiger partial charge in [0, 0.05) is 54.6 Å². The highest BCUT2D eigenvalue weighted by molar-refractivity contribution is 7.16. The lowest BCUT2D eigenvalue weighted by atomic mass is 9.94. The molecule has 0 aliphatic carbocycles. The normalized spacial score (nSPS) is 14.0. The Kier molecular flexibility index (Phi) is 7.94. The molecule has 1 aromatic carbocycles. The molecule has 2 amide bonds. The highest BCUT2D eigenvalue weighted by Crippen LogP contribution is 2.34. The molecule has 1 aliphatic heterocycles. The van der Waals surface area contributed by atoms with Crippen molar-refractivity contribution in [3.8, 4) is 11.1 Å². The second-order valence-electron chi connectivity index (χ2n) is 9.35. The number of amides is 2. The van der Waals surface area contributed by atoms with E-state index in [0.29, 0.717) is 36.6 Å². The van der Waals surface area contributed by atoms with Gasteiger partial charge in [-0.1, -0.05) is 32.9 Å². The van der Waals surface area contributed by atoms with Crippen molar-refractivity contribution >= 4 is 33.8 Å². The first-order chi connectivity index (χ1) is 16.1. The third-order valence-electron chi connectivity index (χ3n) is 5.56. The van der Waals surface area contributed by atoms with Crippen LogP contribution in [-0.2, 0) is 10.2 Å². The van der Waals surface area contributed by atoms with Gasteiger partial charge in [-0.15, -0.1) is 11.3 Å². The topological polar surface area (TPSA) is 114 Å². The Hall–Kier alpha value is -3.39. The fraction of sp³-hybridized carbons (Fsp3) is 0.346. The lowest BCUT2D eigenvalue weighted by molar-refractivity contribution is -0.120. The summed E-state index contributed by atoms with van der Waals surface area (Å²) in [5.74, 6) is -0.0836. The van der Waals surface area contributed by atoms with Crippen LogP contribution in [-0.4, -0.2) is 41.3 Å². The highest BCUT2D eigenvalue weighted by Gasteiger charge is 2.26. The van der Waals surface area contributed by atoms with Crippen molar-refractivity contribution < 1.29 is 9.59 Å². The van der Waals surface area contributed by atoms with Gasteiger partial charge in [-0.2, -0.15) is 0 Å². The number of nitrogen functional groups attached to an aromatic ring is 2. The predicted molar refractivity (Wildman–Crippen MR) is 140 cm³/mol. The molecule has 1 saturated heterocycles. The molecular formula is C26H33N5O2S. The fourth-order valence-electron chi connectivity index (χ4n) is 3.55. The number of aryl methyl sites for hydroxylation is 1. The maximum atomic E-state index is 12.5. The van der Waals surface area contributed by atoms with Crippen LogP contribution in [0.5, 0.6) is 0 Å². The monoisotopic (exact) mass is 479 g/mol.